The molecule has 3 heterocycles. The fourth-order valence-electron chi connectivity index (χ4n) is 2.70. The minimum atomic E-state index is -4.60. The lowest BCUT2D eigenvalue weighted by molar-refractivity contribution is -0.141. The van der Waals surface area contributed by atoms with Crippen LogP contribution in [0.3, 0.4) is 0 Å². The van der Waals surface area contributed by atoms with Gasteiger partial charge in [0.1, 0.15) is 17.2 Å². The number of unbranched alkanes of at least 4 members (excludes halogenated alkanes) is 3. The predicted molar refractivity (Wildman–Crippen MR) is 108 cm³/mol. The van der Waals surface area contributed by atoms with Gasteiger partial charge in [-0.1, -0.05) is 32.3 Å². The fraction of sp³-hybridized carbons (Fsp3) is 0.350. The Morgan fingerprint density at radius 3 is 2.48 bits per heavy atom. The summed E-state index contributed by atoms with van der Waals surface area (Å²) in [5.41, 5.74) is -0.835. The highest BCUT2D eigenvalue weighted by Gasteiger charge is 2.32. The summed E-state index contributed by atoms with van der Waals surface area (Å²) < 4.78 is 52.6. The summed E-state index contributed by atoms with van der Waals surface area (Å²) in [4.78, 5) is 20.0. The number of halogens is 4. The zero-order chi connectivity index (χ0) is 22.3. The van der Waals surface area contributed by atoms with Crippen LogP contribution in [0.5, 0.6) is 0 Å². The van der Waals surface area contributed by atoms with E-state index in [2.05, 4.69) is 42.5 Å². The Morgan fingerprint density at radius 2 is 1.74 bits per heavy atom. The third-order valence-corrected chi connectivity index (χ3v) is 4.18. The van der Waals surface area contributed by atoms with E-state index < -0.39 is 17.7 Å². The van der Waals surface area contributed by atoms with E-state index in [9.17, 15) is 17.6 Å². The second-order valence-corrected chi connectivity index (χ2v) is 6.72. The molecule has 164 valence electrons. The first kappa shape index (κ1) is 22.3. The quantitative estimate of drug-likeness (QED) is 0.352. The van der Waals surface area contributed by atoms with Crippen LogP contribution in [0.2, 0.25) is 0 Å². The highest BCUT2D eigenvalue weighted by Crippen LogP contribution is 2.29. The summed E-state index contributed by atoms with van der Waals surface area (Å²) in [6, 6.07) is 4.67. The molecule has 3 aromatic rings. The molecule has 0 aliphatic heterocycles. The SMILES string of the molecule is CCCCCCNc1nc(Nc2cncc(F)c2)nc(-c2cccc(C(F)(F)F)n2)n1. The number of pyridine rings is 2. The van der Waals surface area contributed by atoms with Crippen molar-refractivity contribution in [2.24, 2.45) is 0 Å². The molecule has 0 radical (unpaired) electrons. The lowest BCUT2D eigenvalue weighted by Gasteiger charge is -2.11. The van der Waals surface area contributed by atoms with Crippen molar-refractivity contribution in [2.45, 2.75) is 38.8 Å². The first-order valence-corrected chi connectivity index (χ1v) is 9.77. The highest BCUT2D eigenvalue weighted by atomic mass is 19.4. The van der Waals surface area contributed by atoms with Crippen LogP contribution in [-0.2, 0) is 6.18 Å². The number of nitrogens with one attached hydrogen (secondary N) is 2. The van der Waals surface area contributed by atoms with Gasteiger partial charge in [0.2, 0.25) is 11.9 Å². The standard InChI is InChI=1S/C20H21F4N7/c1-2-3-4-5-9-26-18-29-17(15-7-6-8-16(28-15)20(22,23)24)30-19(31-18)27-14-10-13(21)11-25-12-14/h6-8,10-12H,2-5,9H2,1H3,(H2,26,27,29,30,31). The zero-order valence-corrected chi connectivity index (χ0v) is 16.7. The van der Waals surface area contributed by atoms with Crippen molar-refractivity contribution in [1.82, 2.24) is 24.9 Å². The first-order valence-electron chi connectivity index (χ1n) is 9.77. The molecule has 0 bridgehead atoms. The van der Waals surface area contributed by atoms with Crippen molar-refractivity contribution in [3.8, 4) is 11.5 Å². The maximum absolute atomic E-state index is 13.4. The molecule has 0 aromatic carbocycles. The molecule has 0 fully saturated rings. The van der Waals surface area contributed by atoms with Gasteiger partial charge in [0.05, 0.1) is 18.1 Å². The van der Waals surface area contributed by atoms with Crippen LogP contribution in [0.1, 0.15) is 38.3 Å². The van der Waals surface area contributed by atoms with E-state index >= 15 is 0 Å². The predicted octanol–water partition coefficient (Wildman–Crippen LogP) is 5.22. The Morgan fingerprint density at radius 1 is 0.935 bits per heavy atom. The third-order valence-electron chi connectivity index (χ3n) is 4.18. The second kappa shape index (κ2) is 10.1. The molecule has 0 saturated heterocycles. The van der Waals surface area contributed by atoms with Gasteiger partial charge < -0.3 is 10.6 Å². The van der Waals surface area contributed by atoms with Gasteiger partial charge in [-0.2, -0.15) is 28.1 Å². The Balaban J connectivity index is 1.91. The minimum absolute atomic E-state index is 0.0210. The Bertz CT molecular complexity index is 1010. The lowest BCUT2D eigenvalue weighted by atomic mass is 10.2. The zero-order valence-electron chi connectivity index (χ0n) is 16.7. The van der Waals surface area contributed by atoms with E-state index in [0.29, 0.717) is 6.54 Å². The first-order chi connectivity index (χ1) is 14.8. The molecule has 0 aliphatic carbocycles. The molecule has 0 atom stereocenters. The third kappa shape index (κ3) is 6.56. The monoisotopic (exact) mass is 435 g/mol. The summed E-state index contributed by atoms with van der Waals surface area (Å²) in [6.07, 6.45) is 1.90. The molecule has 0 unspecified atom stereocenters. The van der Waals surface area contributed by atoms with Gasteiger partial charge in [0, 0.05) is 12.6 Å². The molecule has 7 nitrogen and oxygen atoms in total. The molecular weight excluding hydrogens is 414 g/mol. The molecule has 3 aromatic heterocycles. The van der Waals surface area contributed by atoms with Crippen molar-refractivity contribution in [3.05, 3.63) is 48.2 Å². The Kier molecular flexibility index (Phi) is 7.27. The minimum Gasteiger partial charge on any atom is -0.354 e. The number of rotatable bonds is 9. The number of nitrogens with zero attached hydrogens (tertiary/aromatic N) is 5. The summed E-state index contributed by atoms with van der Waals surface area (Å²) in [5.74, 6) is -0.419. The van der Waals surface area contributed by atoms with Gasteiger partial charge in [-0.05, 0) is 18.6 Å². The number of aromatic nitrogens is 5. The number of alkyl halides is 3. The summed E-state index contributed by atoms with van der Waals surface area (Å²) >= 11 is 0. The van der Waals surface area contributed by atoms with E-state index in [-0.39, 0.29) is 29.1 Å². The summed E-state index contributed by atoms with van der Waals surface area (Å²) in [5, 5.41) is 5.85. The average molecular weight is 435 g/mol. The van der Waals surface area contributed by atoms with Crippen LogP contribution >= 0.6 is 0 Å². The maximum Gasteiger partial charge on any atom is 0.433 e. The molecule has 0 amide bonds. The van der Waals surface area contributed by atoms with Gasteiger partial charge >= 0.3 is 6.18 Å². The normalized spacial score (nSPS) is 11.4. The number of hydrogen-bond donors (Lipinski definition) is 2. The van der Waals surface area contributed by atoms with Crippen LogP contribution in [0.15, 0.2) is 36.7 Å². The van der Waals surface area contributed by atoms with Crippen LogP contribution in [-0.4, -0.2) is 31.5 Å². The number of anilines is 3. The second-order valence-electron chi connectivity index (χ2n) is 6.72. The lowest BCUT2D eigenvalue weighted by Crippen LogP contribution is -2.11. The number of hydrogen-bond acceptors (Lipinski definition) is 7. The van der Waals surface area contributed by atoms with Crippen LogP contribution < -0.4 is 10.6 Å². The van der Waals surface area contributed by atoms with Crippen molar-refractivity contribution < 1.29 is 17.6 Å². The van der Waals surface area contributed by atoms with E-state index in [0.717, 1.165) is 37.9 Å². The fourth-order valence-corrected chi connectivity index (χ4v) is 2.70. The average Bonchev–Trinajstić information content (AvgIpc) is 2.73. The Hall–Kier alpha value is -3.37. The van der Waals surface area contributed by atoms with Gasteiger partial charge in [-0.25, -0.2) is 9.37 Å². The van der Waals surface area contributed by atoms with Crippen molar-refractivity contribution in [3.63, 3.8) is 0 Å². The van der Waals surface area contributed by atoms with Crippen LogP contribution in [0.4, 0.5) is 35.1 Å². The largest absolute Gasteiger partial charge is 0.433 e. The van der Waals surface area contributed by atoms with Gasteiger partial charge in [0.15, 0.2) is 5.82 Å². The van der Waals surface area contributed by atoms with Crippen molar-refractivity contribution >= 4 is 17.6 Å². The molecule has 11 heteroatoms. The summed E-state index contributed by atoms with van der Waals surface area (Å²) in [6.45, 7) is 2.69. The van der Waals surface area contributed by atoms with Crippen molar-refractivity contribution in [1.29, 1.82) is 0 Å². The van der Waals surface area contributed by atoms with E-state index in [4.69, 9.17) is 0 Å². The van der Waals surface area contributed by atoms with E-state index in [1.807, 2.05) is 0 Å². The topological polar surface area (TPSA) is 88.5 Å². The van der Waals surface area contributed by atoms with Crippen molar-refractivity contribution in [2.75, 3.05) is 17.2 Å². The van der Waals surface area contributed by atoms with E-state index in [1.54, 1.807) is 0 Å². The smallest absolute Gasteiger partial charge is 0.354 e. The molecule has 0 saturated carbocycles. The molecule has 0 aliphatic rings. The highest BCUT2D eigenvalue weighted by molar-refractivity contribution is 5.58. The molecule has 2 N–H and O–H groups in total. The van der Waals surface area contributed by atoms with E-state index in [1.165, 1.54) is 24.4 Å². The van der Waals surface area contributed by atoms with Crippen LogP contribution in [0, 0.1) is 5.82 Å². The maximum atomic E-state index is 13.4. The van der Waals surface area contributed by atoms with Gasteiger partial charge in [-0.3, -0.25) is 4.98 Å². The molecular formula is C20H21F4N7. The molecule has 31 heavy (non-hydrogen) atoms. The van der Waals surface area contributed by atoms with Gasteiger partial charge in [0.25, 0.3) is 0 Å². The Labute approximate surface area is 176 Å². The molecule has 3 rings (SSSR count). The van der Waals surface area contributed by atoms with Gasteiger partial charge in [-0.15, -0.1) is 0 Å². The summed E-state index contributed by atoms with van der Waals surface area (Å²) in [7, 11) is 0. The van der Waals surface area contributed by atoms with Crippen LogP contribution in [0.25, 0.3) is 11.5 Å². The molecule has 0 spiro atoms.